The molecule has 0 spiro atoms. The first-order chi connectivity index (χ1) is 9.51. The maximum Gasteiger partial charge on any atom is 0.250 e. The molecule has 0 fully saturated rings. The first kappa shape index (κ1) is 15.6. The van der Waals surface area contributed by atoms with E-state index in [0.717, 1.165) is 21.3 Å². The molecule has 0 aliphatic rings. The topological polar surface area (TPSA) is 71.1 Å². The number of hydrogen-bond acceptors (Lipinski definition) is 6. The zero-order chi connectivity index (χ0) is 14.6. The number of thiophene rings is 1. The number of sulfonamides is 1. The number of rotatable bonds is 7. The predicted molar refractivity (Wildman–Crippen MR) is 82.6 cm³/mol. The Hall–Kier alpha value is -0.800. The third-order valence-electron chi connectivity index (χ3n) is 2.53. The second-order valence-corrected chi connectivity index (χ2v) is 8.67. The molecule has 0 atom stereocenters. The Morgan fingerprint density at radius 2 is 2.05 bits per heavy atom. The van der Waals surface area contributed by atoms with Gasteiger partial charge in [0.25, 0.3) is 0 Å². The zero-order valence-corrected chi connectivity index (χ0v) is 13.8. The van der Waals surface area contributed by atoms with E-state index in [1.807, 2.05) is 19.9 Å². The Labute approximate surface area is 127 Å². The molecule has 0 saturated carbocycles. The molecule has 0 aromatic carbocycles. The summed E-state index contributed by atoms with van der Waals surface area (Å²) in [6, 6.07) is 3.49. The summed E-state index contributed by atoms with van der Waals surface area (Å²) in [6.45, 7) is 5.76. The van der Waals surface area contributed by atoms with E-state index in [2.05, 4.69) is 15.0 Å². The average molecular weight is 331 g/mol. The number of hydrogen-bond donors (Lipinski definition) is 2. The number of nitrogens with zero attached hydrogens (tertiary/aromatic N) is 1. The van der Waals surface area contributed by atoms with Crippen LogP contribution in [0, 0.1) is 6.92 Å². The van der Waals surface area contributed by atoms with E-state index in [1.165, 1.54) is 22.7 Å². The molecule has 0 bridgehead atoms. The molecular formula is C12H17N3O2S3. The molecule has 0 aliphatic carbocycles. The highest BCUT2D eigenvalue weighted by Crippen LogP contribution is 2.22. The lowest BCUT2D eigenvalue weighted by atomic mass is 10.4. The van der Waals surface area contributed by atoms with Gasteiger partial charge >= 0.3 is 0 Å². The van der Waals surface area contributed by atoms with Crippen LogP contribution in [-0.4, -0.2) is 19.9 Å². The van der Waals surface area contributed by atoms with E-state index in [4.69, 9.17) is 0 Å². The lowest BCUT2D eigenvalue weighted by molar-refractivity contribution is 0.583. The Morgan fingerprint density at radius 3 is 2.70 bits per heavy atom. The van der Waals surface area contributed by atoms with E-state index in [-0.39, 0.29) is 6.54 Å². The number of thiazole rings is 1. The van der Waals surface area contributed by atoms with Gasteiger partial charge in [-0.25, -0.2) is 18.1 Å². The van der Waals surface area contributed by atoms with E-state index < -0.39 is 10.0 Å². The van der Waals surface area contributed by atoms with Gasteiger partial charge in [-0.3, -0.25) is 0 Å². The second kappa shape index (κ2) is 6.77. The van der Waals surface area contributed by atoms with E-state index in [1.54, 1.807) is 12.3 Å². The summed E-state index contributed by atoms with van der Waals surface area (Å²) in [6.07, 6.45) is 1.74. The number of nitrogens with one attached hydrogen (secondary N) is 2. The van der Waals surface area contributed by atoms with Crippen LogP contribution in [-0.2, 0) is 23.1 Å². The van der Waals surface area contributed by atoms with Crippen molar-refractivity contribution in [2.45, 2.75) is 31.1 Å². The lowest BCUT2D eigenvalue weighted by Crippen LogP contribution is -2.22. The van der Waals surface area contributed by atoms with Crippen LogP contribution in [0.4, 0.5) is 0 Å². The highest BCUT2D eigenvalue weighted by atomic mass is 32.2. The molecule has 2 aromatic heterocycles. The fourth-order valence-corrected chi connectivity index (χ4v) is 4.73. The van der Waals surface area contributed by atoms with Crippen molar-refractivity contribution < 1.29 is 8.42 Å². The highest BCUT2D eigenvalue weighted by Gasteiger charge is 2.17. The Balaban J connectivity index is 2.00. The molecule has 0 saturated heterocycles. The molecule has 110 valence electrons. The van der Waals surface area contributed by atoms with Crippen LogP contribution in [0.2, 0.25) is 0 Å². The summed E-state index contributed by atoms with van der Waals surface area (Å²) in [5, 5.41) is 3.95. The van der Waals surface area contributed by atoms with Gasteiger partial charge in [0.1, 0.15) is 9.22 Å². The van der Waals surface area contributed by atoms with Gasteiger partial charge in [-0.05, 0) is 25.6 Å². The number of aromatic nitrogens is 1. The largest absolute Gasteiger partial charge is 0.312 e. The van der Waals surface area contributed by atoms with E-state index >= 15 is 0 Å². The van der Waals surface area contributed by atoms with Crippen LogP contribution in [0.1, 0.15) is 21.7 Å². The fourth-order valence-electron chi connectivity index (χ4n) is 1.56. The average Bonchev–Trinajstić information content (AvgIpc) is 3.03. The van der Waals surface area contributed by atoms with Gasteiger partial charge in [-0.1, -0.05) is 6.92 Å². The molecule has 2 N–H and O–H groups in total. The molecule has 8 heteroatoms. The quantitative estimate of drug-likeness (QED) is 0.815. The zero-order valence-electron chi connectivity index (χ0n) is 11.3. The summed E-state index contributed by atoms with van der Waals surface area (Å²) in [4.78, 5) is 6.23. The van der Waals surface area contributed by atoms with Gasteiger partial charge in [0.05, 0.1) is 6.54 Å². The summed E-state index contributed by atoms with van der Waals surface area (Å²) < 4.78 is 27.2. The molecular weight excluding hydrogens is 314 g/mol. The third-order valence-corrected chi connectivity index (χ3v) is 6.42. The van der Waals surface area contributed by atoms with Crippen molar-refractivity contribution in [3.63, 3.8) is 0 Å². The summed E-state index contributed by atoms with van der Waals surface area (Å²) in [5.74, 6) is 0. The van der Waals surface area contributed by atoms with Gasteiger partial charge in [-0.15, -0.1) is 22.7 Å². The second-order valence-electron chi connectivity index (χ2n) is 4.19. The van der Waals surface area contributed by atoms with E-state index in [0.29, 0.717) is 10.8 Å². The first-order valence-electron chi connectivity index (χ1n) is 6.21. The van der Waals surface area contributed by atoms with Gasteiger partial charge in [0.2, 0.25) is 10.0 Å². The number of aryl methyl sites for hydroxylation is 1. The van der Waals surface area contributed by atoms with Crippen LogP contribution < -0.4 is 10.0 Å². The smallest absolute Gasteiger partial charge is 0.250 e. The van der Waals surface area contributed by atoms with Crippen molar-refractivity contribution in [1.82, 2.24) is 15.0 Å². The minimum absolute atomic E-state index is 0.237. The van der Waals surface area contributed by atoms with Crippen molar-refractivity contribution in [2.24, 2.45) is 0 Å². The molecule has 0 radical (unpaired) electrons. The molecule has 2 heterocycles. The van der Waals surface area contributed by atoms with Crippen molar-refractivity contribution >= 4 is 32.7 Å². The molecule has 20 heavy (non-hydrogen) atoms. The minimum Gasteiger partial charge on any atom is -0.312 e. The van der Waals surface area contributed by atoms with Gasteiger partial charge in [0, 0.05) is 22.5 Å². The molecule has 2 aromatic rings. The van der Waals surface area contributed by atoms with Crippen LogP contribution in [0.15, 0.2) is 22.5 Å². The first-order valence-corrected chi connectivity index (χ1v) is 9.33. The molecule has 2 rings (SSSR count). The Kier molecular flexibility index (Phi) is 5.28. The third kappa shape index (κ3) is 4.10. The Morgan fingerprint density at radius 1 is 1.25 bits per heavy atom. The maximum atomic E-state index is 12.2. The maximum absolute atomic E-state index is 12.2. The van der Waals surface area contributed by atoms with Crippen LogP contribution in [0.5, 0.6) is 0 Å². The van der Waals surface area contributed by atoms with Crippen molar-refractivity contribution in [3.05, 3.63) is 33.1 Å². The molecule has 0 amide bonds. The Bertz CT molecular complexity index is 661. The molecule has 0 aliphatic heterocycles. The van der Waals surface area contributed by atoms with Crippen molar-refractivity contribution in [2.75, 3.05) is 6.54 Å². The lowest BCUT2D eigenvalue weighted by Gasteiger charge is -2.02. The summed E-state index contributed by atoms with van der Waals surface area (Å²) in [7, 11) is -3.45. The normalized spacial score (nSPS) is 11.9. The summed E-state index contributed by atoms with van der Waals surface area (Å²) in [5.41, 5.74) is 0. The van der Waals surface area contributed by atoms with Gasteiger partial charge in [0.15, 0.2) is 0 Å². The highest BCUT2D eigenvalue weighted by molar-refractivity contribution is 7.91. The molecule has 5 nitrogen and oxygen atoms in total. The monoisotopic (exact) mass is 331 g/mol. The van der Waals surface area contributed by atoms with Crippen LogP contribution in [0.25, 0.3) is 0 Å². The SMILES string of the molecule is CCNCc1ccc(S(=O)(=O)NCc2ncc(C)s2)s1. The summed E-state index contributed by atoms with van der Waals surface area (Å²) >= 11 is 2.79. The van der Waals surface area contributed by atoms with E-state index in [9.17, 15) is 8.42 Å². The fraction of sp³-hybridized carbons (Fsp3) is 0.417. The standard InChI is InChI=1S/C12H17N3O2S3/c1-3-13-7-10-4-5-12(19-10)20(16,17)15-8-11-14-6-9(2)18-11/h4-6,13,15H,3,7-8H2,1-2H3. The minimum atomic E-state index is -3.45. The van der Waals surface area contributed by atoms with Gasteiger partial charge < -0.3 is 5.32 Å². The van der Waals surface area contributed by atoms with Crippen molar-refractivity contribution in [1.29, 1.82) is 0 Å². The van der Waals surface area contributed by atoms with Gasteiger partial charge in [-0.2, -0.15) is 0 Å². The van der Waals surface area contributed by atoms with Crippen LogP contribution >= 0.6 is 22.7 Å². The van der Waals surface area contributed by atoms with Crippen molar-refractivity contribution in [3.8, 4) is 0 Å². The van der Waals surface area contributed by atoms with Crippen LogP contribution in [0.3, 0.4) is 0 Å². The predicted octanol–water partition coefficient (Wildman–Crippen LogP) is 2.10. The molecule has 0 unspecified atom stereocenters.